The van der Waals surface area contributed by atoms with Crippen LogP contribution in [0, 0.1) is 7.14 Å². The van der Waals surface area contributed by atoms with E-state index in [1.165, 1.54) is 0 Å². The van der Waals surface area contributed by atoms with Crippen LogP contribution in [0.4, 0.5) is 4.79 Å². The van der Waals surface area contributed by atoms with E-state index < -0.39 is 0 Å². The first-order valence-corrected chi connectivity index (χ1v) is 10.3. The van der Waals surface area contributed by atoms with Gasteiger partial charge < -0.3 is 16.2 Å². The van der Waals surface area contributed by atoms with Gasteiger partial charge >= 0.3 is 35.7 Å². The number of nitrogens with zero attached hydrogens (tertiary/aromatic N) is 1. The Morgan fingerprint density at radius 1 is 1.08 bits per heavy atom. The molecule has 0 spiro atoms. The Labute approximate surface area is 214 Å². The monoisotopic (exact) mass is 631 g/mol. The van der Waals surface area contributed by atoms with E-state index in [9.17, 15) is 4.79 Å². The number of carbonyl (C=O) groups excluding carboxylic acids is 1. The molecule has 0 aliphatic heterocycles. The zero-order chi connectivity index (χ0) is 19.0. The van der Waals surface area contributed by atoms with Crippen molar-refractivity contribution in [2.75, 3.05) is 13.1 Å². The molecule has 0 heterocycles. The summed E-state index contributed by atoms with van der Waals surface area (Å²) < 4.78 is 6.72. The summed E-state index contributed by atoms with van der Waals surface area (Å²) in [6, 6.07) is 10.3. The zero-order valence-corrected chi connectivity index (χ0v) is 22.4. The molecule has 0 aliphatic carbocycles. The Kier molecular flexibility index (Phi) is 14.0. The van der Waals surface area contributed by atoms with Gasteiger partial charge in [-0.3, -0.25) is 0 Å². The number of benzene rings is 2. The molecule has 2 aromatic carbocycles. The molecule has 0 aromatic heterocycles. The Balaban J connectivity index is 0. The van der Waals surface area contributed by atoms with Crippen LogP contribution in [0.2, 0.25) is 10.0 Å². The van der Waals surface area contributed by atoms with Crippen molar-refractivity contribution >= 4 is 74.5 Å². The van der Waals surface area contributed by atoms with Crippen molar-refractivity contribution in [2.45, 2.75) is 13.8 Å². The first-order valence-electron chi connectivity index (χ1n) is 7.35. The van der Waals surface area contributed by atoms with Crippen molar-refractivity contribution in [3.05, 3.63) is 53.6 Å². The summed E-state index contributed by atoms with van der Waals surface area (Å²) in [5.74, 6) is 0.744. The van der Waals surface area contributed by atoms with Crippen molar-refractivity contribution in [1.29, 1.82) is 0 Å². The van der Waals surface area contributed by atoms with Crippen LogP contribution in [-0.2, 0) is 0 Å². The number of aromatic hydroxyl groups is 1. The van der Waals surface area contributed by atoms with Gasteiger partial charge in [-0.25, -0.2) is 4.79 Å². The number of phenols is 1. The summed E-state index contributed by atoms with van der Waals surface area (Å²) in [5, 5.41) is 10.2. The third-order valence-corrected chi connectivity index (χ3v) is 6.58. The molecule has 0 unspecified atom stereocenters. The van der Waals surface area contributed by atoms with Crippen LogP contribution < -0.4 is 34.3 Å². The number of hydrogen-bond donors (Lipinski definition) is 1. The number of phenolic OH excluding ortho intramolecular Hbond substituents is 1. The van der Waals surface area contributed by atoms with Crippen LogP contribution in [0.25, 0.3) is 0 Å². The predicted octanol–water partition coefficient (Wildman–Crippen LogP) is 3.55. The van der Waals surface area contributed by atoms with Gasteiger partial charge in [-0.2, -0.15) is 0 Å². The molecule has 2 rings (SSSR count). The van der Waals surface area contributed by atoms with E-state index in [2.05, 4.69) is 22.6 Å². The minimum Gasteiger partial charge on any atom is -1.00 e. The Morgan fingerprint density at radius 3 is 2.04 bits per heavy atom. The van der Waals surface area contributed by atoms with Crippen LogP contribution in [-0.4, -0.2) is 29.2 Å². The van der Waals surface area contributed by atoms with Gasteiger partial charge in [0.2, 0.25) is 0 Å². The topological polar surface area (TPSA) is 49.8 Å². The average Bonchev–Trinajstić information content (AvgIpc) is 2.58. The summed E-state index contributed by atoms with van der Waals surface area (Å²) in [6.07, 6.45) is -0.342. The van der Waals surface area contributed by atoms with Crippen LogP contribution in [0.1, 0.15) is 15.3 Å². The molecular formula is C17H18Cl2I2NNaO3. The Hall–Kier alpha value is 0.550. The minimum atomic E-state index is -0.342. The van der Waals surface area contributed by atoms with Crippen LogP contribution in [0.15, 0.2) is 36.4 Å². The van der Waals surface area contributed by atoms with Gasteiger partial charge in [0.05, 0.1) is 17.2 Å². The van der Waals surface area contributed by atoms with Crippen LogP contribution in [0.3, 0.4) is 0 Å². The molecule has 1 N–H and O–H groups in total. The third kappa shape index (κ3) is 8.28. The fourth-order valence-electron chi connectivity index (χ4n) is 1.70. The van der Waals surface area contributed by atoms with E-state index in [-0.39, 0.29) is 42.8 Å². The summed E-state index contributed by atoms with van der Waals surface area (Å²) in [4.78, 5) is 13.3. The van der Waals surface area contributed by atoms with Crippen molar-refractivity contribution < 1.29 is 45.6 Å². The number of carbonyl (C=O) groups is 1. The second-order valence-corrected chi connectivity index (χ2v) is 7.64. The molecule has 0 radical (unpaired) electrons. The first-order chi connectivity index (χ1) is 11.8. The van der Waals surface area contributed by atoms with Gasteiger partial charge in [-0.15, -0.1) is 0 Å². The molecule has 0 fully saturated rings. The normalized spacial score (nSPS) is 9.46. The smallest absolute Gasteiger partial charge is 1.00 e. The number of amides is 1. The molecular weight excluding hydrogens is 614 g/mol. The van der Waals surface area contributed by atoms with Gasteiger partial charge in [0.15, 0.2) is 0 Å². The number of ether oxygens (including phenoxy) is 1. The quantitative estimate of drug-likeness (QED) is 0.417. The van der Waals surface area contributed by atoms with Gasteiger partial charge in [0, 0.05) is 13.1 Å². The van der Waals surface area contributed by atoms with E-state index in [0.29, 0.717) is 32.5 Å². The Bertz CT molecular complexity index is 717. The molecule has 0 atom stereocenters. The first kappa shape index (κ1) is 26.6. The fourth-order valence-corrected chi connectivity index (χ4v) is 2.86. The maximum absolute atomic E-state index is 11.7. The Morgan fingerprint density at radius 2 is 1.58 bits per heavy atom. The third-order valence-electron chi connectivity index (χ3n) is 3.07. The second-order valence-electron chi connectivity index (χ2n) is 4.67. The molecule has 0 saturated carbocycles. The second kappa shape index (κ2) is 13.7. The van der Waals surface area contributed by atoms with E-state index >= 15 is 0 Å². The summed E-state index contributed by atoms with van der Waals surface area (Å²) in [7, 11) is 0. The molecule has 0 aliphatic rings. The van der Waals surface area contributed by atoms with E-state index in [4.69, 9.17) is 33.0 Å². The SMILES string of the molecule is CCN(CC)C(=O)Oc1cccc(Cl)c1I.Oc1cccc(Cl)c1I.[H-].[Na+]. The number of rotatable bonds is 3. The average molecular weight is 632 g/mol. The van der Waals surface area contributed by atoms with Crippen molar-refractivity contribution in [1.82, 2.24) is 4.90 Å². The minimum absolute atomic E-state index is 0. The van der Waals surface area contributed by atoms with Crippen LogP contribution in [0.5, 0.6) is 11.5 Å². The van der Waals surface area contributed by atoms with E-state index in [1.807, 2.05) is 36.4 Å². The van der Waals surface area contributed by atoms with Crippen molar-refractivity contribution in [2.24, 2.45) is 0 Å². The van der Waals surface area contributed by atoms with E-state index in [1.54, 1.807) is 41.3 Å². The number of halogens is 4. The zero-order valence-electron chi connectivity index (χ0n) is 15.6. The summed E-state index contributed by atoms with van der Waals surface area (Å²) in [6.45, 7) is 5.08. The maximum Gasteiger partial charge on any atom is 1.00 e. The van der Waals surface area contributed by atoms with Crippen molar-refractivity contribution in [3.8, 4) is 11.5 Å². The van der Waals surface area contributed by atoms with Gasteiger partial charge in [-0.1, -0.05) is 35.3 Å². The molecule has 26 heavy (non-hydrogen) atoms. The van der Waals surface area contributed by atoms with Gasteiger partial charge in [0.25, 0.3) is 0 Å². The molecule has 0 saturated heterocycles. The fraction of sp³-hybridized carbons (Fsp3) is 0.235. The summed E-state index contributed by atoms with van der Waals surface area (Å²) >= 11 is 15.6. The van der Waals surface area contributed by atoms with Crippen molar-refractivity contribution in [3.63, 3.8) is 0 Å². The number of hydrogen-bond acceptors (Lipinski definition) is 3. The van der Waals surface area contributed by atoms with Gasteiger partial charge in [0.1, 0.15) is 11.5 Å². The molecule has 2 aromatic rings. The van der Waals surface area contributed by atoms with E-state index in [0.717, 1.165) is 3.57 Å². The summed E-state index contributed by atoms with van der Waals surface area (Å²) in [5.41, 5.74) is 0. The molecule has 4 nitrogen and oxygen atoms in total. The van der Waals surface area contributed by atoms with Crippen LogP contribution >= 0.6 is 68.4 Å². The largest absolute Gasteiger partial charge is 1.00 e. The van der Waals surface area contributed by atoms with Gasteiger partial charge in [-0.05, 0) is 83.3 Å². The maximum atomic E-state index is 11.7. The molecule has 138 valence electrons. The molecule has 1 amide bonds. The molecule has 9 heteroatoms. The predicted molar refractivity (Wildman–Crippen MR) is 120 cm³/mol. The molecule has 0 bridgehead atoms. The standard InChI is InChI=1S/C11H13ClINO2.C6H4ClIO.Na.H/c1-3-14(4-2)11(15)16-9-7-5-6-8(12)10(9)13;7-4-2-1-3-5(9)6(4)8;;/h5-7H,3-4H2,1-2H3;1-3,9H;;/q;;+1;-1.